The number of allylic oxidation sites excluding steroid dienone is 2. The van der Waals surface area contributed by atoms with Crippen molar-refractivity contribution in [3.8, 4) is 0 Å². The molecular weight excluding hydrogens is 216 g/mol. The Morgan fingerprint density at radius 3 is 2.71 bits per heavy atom. The Bertz CT molecular complexity index is 305. The number of carboxylic acid groups (broad SMARTS) is 1. The summed E-state index contributed by atoms with van der Waals surface area (Å²) in [5.74, 6) is 0.607. The zero-order valence-electron chi connectivity index (χ0n) is 10.5. The summed E-state index contributed by atoms with van der Waals surface area (Å²) in [5, 5.41) is 8.81. The Hall–Kier alpha value is -0.830. The predicted molar refractivity (Wildman–Crippen MR) is 65.8 cm³/mol. The van der Waals surface area contributed by atoms with Crippen LogP contribution in [-0.2, 0) is 9.53 Å². The summed E-state index contributed by atoms with van der Waals surface area (Å²) >= 11 is 0. The van der Waals surface area contributed by atoms with E-state index in [0.29, 0.717) is 18.4 Å². The topological polar surface area (TPSA) is 46.5 Å². The lowest BCUT2D eigenvalue weighted by molar-refractivity contribution is -0.139. The number of aliphatic carboxylic acids is 1. The van der Waals surface area contributed by atoms with Crippen LogP contribution in [0.15, 0.2) is 12.2 Å². The van der Waals surface area contributed by atoms with Crippen LogP contribution in [0.3, 0.4) is 0 Å². The Kier molecular flexibility index (Phi) is 3.87. The summed E-state index contributed by atoms with van der Waals surface area (Å²) in [5.41, 5.74) is -0.0282. The van der Waals surface area contributed by atoms with Gasteiger partial charge in [0, 0.05) is 12.0 Å². The van der Waals surface area contributed by atoms with E-state index < -0.39 is 5.97 Å². The fourth-order valence-electron chi connectivity index (χ4n) is 2.54. The zero-order chi connectivity index (χ0) is 12.3. The number of rotatable bonds is 6. The van der Waals surface area contributed by atoms with Crippen LogP contribution >= 0.6 is 0 Å². The fourth-order valence-corrected chi connectivity index (χ4v) is 2.54. The second-order valence-corrected chi connectivity index (χ2v) is 5.77. The van der Waals surface area contributed by atoms with Crippen molar-refractivity contribution in [2.75, 3.05) is 13.2 Å². The van der Waals surface area contributed by atoms with Gasteiger partial charge in [-0.05, 0) is 37.5 Å². The van der Waals surface area contributed by atoms with Gasteiger partial charge in [0.1, 0.15) is 0 Å². The highest BCUT2D eigenvalue weighted by Crippen LogP contribution is 2.49. The van der Waals surface area contributed by atoms with Crippen molar-refractivity contribution in [3.05, 3.63) is 12.2 Å². The van der Waals surface area contributed by atoms with Gasteiger partial charge in [0.25, 0.3) is 0 Å². The van der Waals surface area contributed by atoms with Gasteiger partial charge in [0.05, 0.1) is 13.0 Å². The molecule has 3 heteroatoms. The molecule has 1 fully saturated rings. The highest BCUT2D eigenvalue weighted by Gasteiger charge is 2.44. The van der Waals surface area contributed by atoms with Crippen LogP contribution in [-0.4, -0.2) is 24.3 Å². The summed E-state index contributed by atoms with van der Waals surface area (Å²) in [7, 11) is 0. The lowest BCUT2D eigenvalue weighted by Gasteiger charge is -2.25. The van der Waals surface area contributed by atoms with Gasteiger partial charge in [-0.3, -0.25) is 4.79 Å². The molecule has 0 amide bonds. The molecule has 0 aromatic heterocycles. The van der Waals surface area contributed by atoms with Crippen molar-refractivity contribution in [2.45, 2.75) is 39.0 Å². The number of carboxylic acids is 1. The van der Waals surface area contributed by atoms with E-state index in [1.807, 2.05) is 0 Å². The fraction of sp³-hybridized carbons (Fsp3) is 0.786. The Morgan fingerprint density at radius 2 is 2.12 bits per heavy atom. The van der Waals surface area contributed by atoms with Gasteiger partial charge in [-0.1, -0.05) is 19.1 Å². The van der Waals surface area contributed by atoms with Crippen molar-refractivity contribution in [3.63, 3.8) is 0 Å². The molecule has 0 bridgehead atoms. The van der Waals surface area contributed by atoms with Gasteiger partial charge in [-0.15, -0.1) is 0 Å². The molecule has 2 atom stereocenters. The third-order valence-electron chi connectivity index (χ3n) is 4.14. The van der Waals surface area contributed by atoms with Crippen LogP contribution in [0.25, 0.3) is 0 Å². The van der Waals surface area contributed by atoms with Gasteiger partial charge < -0.3 is 9.84 Å². The van der Waals surface area contributed by atoms with Gasteiger partial charge in [0.15, 0.2) is 0 Å². The summed E-state index contributed by atoms with van der Waals surface area (Å²) < 4.78 is 5.77. The van der Waals surface area contributed by atoms with Crippen molar-refractivity contribution in [1.82, 2.24) is 0 Å². The molecule has 2 rings (SSSR count). The zero-order valence-corrected chi connectivity index (χ0v) is 10.5. The lowest BCUT2D eigenvalue weighted by atomic mass is 9.85. The Morgan fingerprint density at radius 1 is 1.41 bits per heavy atom. The van der Waals surface area contributed by atoms with Crippen LogP contribution in [0.2, 0.25) is 0 Å². The molecule has 0 aromatic rings. The molecular formula is C14H22O3. The average molecular weight is 238 g/mol. The van der Waals surface area contributed by atoms with Crippen LogP contribution in [0.4, 0.5) is 0 Å². The molecule has 0 spiro atoms. The first kappa shape index (κ1) is 12.6. The maximum atomic E-state index is 10.7. The van der Waals surface area contributed by atoms with Crippen molar-refractivity contribution < 1.29 is 14.6 Å². The standard InChI is InChI=1S/C14H22O3/c1-11-4-2-3-5-12(11)9-17-10-14(6-7-14)8-13(15)16/h2-3,11-12H,4-10H2,1H3,(H,15,16). The second-order valence-electron chi connectivity index (χ2n) is 5.77. The van der Waals surface area contributed by atoms with E-state index in [-0.39, 0.29) is 11.8 Å². The smallest absolute Gasteiger partial charge is 0.303 e. The van der Waals surface area contributed by atoms with Gasteiger partial charge in [0.2, 0.25) is 0 Å². The van der Waals surface area contributed by atoms with Crippen LogP contribution in [0.5, 0.6) is 0 Å². The molecule has 17 heavy (non-hydrogen) atoms. The number of hydrogen-bond donors (Lipinski definition) is 1. The number of carbonyl (C=O) groups is 1. The molecule has 1 saturated carbocycles. The van der Waals surface area contributed by atoms with E-state index in [2.05, 4.69) is 19.1 Å². The van der Waals surface area contributed by atoms with Crippen molar-refractivity contribution in [2.24, 2.45) is 17.3 Å². The minimum absolute atomic E-state index is 0.0282. The SMILES string of the molecule is CC1CC=CCC1COCC1(CC(=O)O)CC1. The van der Waals surface area contributed by atoms with E-state index in [1.54, 1.807) is 0 Å². The molecule has 0 radical (unpaired) electrons. The average Bonchev–Trinajstić information content (AvgIpc) is 3.00. The highest BCUT2D eigenvalue weighted by atomic mass is 16.5. The van der Waals surface area contributed by atoms with Gasteiger partial charge in [-0.2, -0.15) is 0 Å². The van der Waals surface area contributed by atoms with Gasteiger partial charge in [-0.25, -0.2) is 0 Å². The first-order valence-electron chi connectivity index (χ1n) is 6.56. The molecule has 0 aliphatic heterocycles. The minimum atomic E-state index is -0.694. The van der Waals surface area contributed by atoms with E-state index in [4.69, 9.17) is 9.84 Å². The van der Waals surface area contributed by atoms with E-state index in [1.165, 1.54) is 0 Å². The largest absolute Gasteiger partial charge is 0.481 e. The van der Waals surface area contributed by atoms with E-state index in [9.17, 15) is 4.79 Å². The lowest BCUT2D eigenvalue weighted by Crippen LogP contribution is -2.23. The summed E-state index contributed by atoms with van der Waals surface area (Å²) in [6, 6.07) is 0. The molecule has 96 valence electrons. The highest BCUT2D eigenvalue weighted by molar-refractivity contribution is 5.68. The Balaban J connectivity index is 1.69. The Labute approximate surface area is 103 Å². The van der Waals surface area contributed by atoms with Crippen molar-refractivity contribution >= 4 is 5.97 Å². The first-order valence-corrected chi connectivity index (χ1v) is 6.56. The molecule has 2 aliphatic rings. The third kappa shape index (κ3) is 3.56. The maximum Gasteiger partial charge on any atom is 0.303 e. The summed E-state index contributed by atoms with van der Waals surface area (Å²) in [4.78, 5) is 10.7. The van der Waals surface area contributed by atoms with Crippen LogP contribution in [0, 0.1) is 17.3 Å². The maximum absolute atomic E-state index is 10.7. The predicted octanol–water partition coefficient (Wildman–Crippen LogP) is 2.86. The van der Waals surface area contributed by atoms with E-state index in [0.717, 1.165) is 32.3 Å². The molecule has 0 heterocycles. The number of ether oxygens (including phenoxy) is 1. The normalized spacial score (nSPS) is 30.2. The number of hydrogen-bond acceptors (Lipinski definition) is 2. The monoisotopic (exact) mass is 238 g/mol. The molecule has 3 nitrogen and oxygen atoms in total. The summed E-state index contributed by atoms with van der Waals surface area (Å²) in [6.45, 7) is 3.68. The molecule has 2 unspecified atom stereocenters. The van der Waals surface area contributed by atoms with Crippen molar-refractivity contribution in [1.29, 1.82) is 0 Å². The van der Waals surface area contributed by atoms with Crippen LogP contribution < -0.4 is 0 Å². The quantitative estimate of drug-likeness (QED) is 0.724. The minimum Gasteiger partial charge on any atom is -0.481 e. The van der Waals surface area contributed by atoms with Gasteiger partial charge >= 0.3 is 5.97 Å². The molecule has 0 aromatic carbocycles. The molecule has 2 aliphatic carbocycles. The molecule has 1 N–H and O–H groups in total. The second kappa shape index (κ2) is 5.21. The third-order valence-corrected chi connectivity index (χ3v) is 4.14. The summed E-state index contributed by atoms with van der Waals surface area (Å²) in [6.07, 6.45) is 9.03. The van der Waals surface area contributed by atoms with E-state index >= 15 is 0 Å². The first-order chi connectivity index (χ1) is 8.11. The molecule has 0 saturated heterocycles. The van der Waals surface area contributed by atoms with Crippen LogP contribution in [0.1, 0.15) is 39.0 Å².